The third-order valence-corrected chi connectivity index (χ3v) is 4.03. The zero-order chi connectivity index (χ0) is 22.1. The summed E-state index contributed by atoms with van der Waals surface area (Å²) in [4.78, 5) is 12.1. The maximum Gasteiger partial charge on any atom is 0.387 e. The van der Waals surface area contributed by atoms with Crippen LogP contribution in [0.2, 0.25) is 0 Å². The lowest BCUT2D eigenvalue weighted by atomic mass is 10.1. The number of halogens is 2. The Balaban J connectivity index is 2.05. The van der Waals surface area contributed by atoms with Crippen LogP contribution in [0.25, 0.3) is 6.08 Å². The van der Waals surface area contributed by atoms with Gasteiger partial charge in [-0.3, -0.25) is 4.79 Å². The van der Waals surface area contributed by atoms with Gasteiger partial charge in [0.1, 0.15) is 0 Å². The van der Waals surface area contributed by atoms with E-state index >= 15 is 0 Å². The number of amides is 1. The van der Waals surface area contributed by atoms with Crippen LogP contribution in [0.4, 0.5) is 8.78 Å². The second kappa shape index (κ2) is 10.9. The van der Waals surface area contributed by atoms with Gasteiger partial charge in [-0.05, 0) is 41.5 Å². The summed E-state index contributed by atoms with van der Waals surface area (Å²) in [6.07, 6.45) is 2.95. The molecule has 0 heterocycles. The summed E-state index contributed by atoms with van der Waals surface area (Å²) < 4.78 is 50.0. The predicted molar refractivity (Wildman–Crippen MR) is 107 cm³/mol. The molecule has 0 bridgehead atoms. The quantitative estimate of drug-likeness (QED) is 0.588. The van der Waals surface area contributed by atoms with E-state index < -0.39 is 6.61 Å². The maximum atomic E-state index is 12.4. The van der Waals surface area contributed by atoms with E-state index in [1.807, 2.05) is 0 Å². The lowest BCUT2D eigenvalue weighted by Crippen LogP contribution is -2.20. The molecule has 2 aromatic rings. The predicted octanol–water partition coefficient (Wildman–Crippen LogP) is 3.65. The first-order valence-corrected chi connectivity index (χ1v) is 8.79. The molecule has 1 amide bonds. The molecular weight excluding hydrogens is 400 g/mol. The van der Waals surface area contributed by atoms with Crippen LogP contribution in [-0.4, -0.2) is 41.0 Å². The molecule has 1 N–H and O–H groups in total. The Morgan fingerprint density at radius 3 is 2.10 bits per heavy atom. The number of carbonyl (C=O) groups excluding carboxylic acids is 1. The highest BCUT2D eigenvalue weighted by Crippen LogP contribution is 2.38. The molecule has 0 aromatic heterocycles. The van der Waals surface area contributed by atoms with E-state index in [4.69, 9.17) is 18.9 Å². The number of rotatable bonds is 10. The van der Waals surface area contributed by atoms with E-state index in [0.29, 0.717) is 28.4 Å². The van der Waals surface area contributed by atoms with Gasteiger partial charge in [-0.25, -0.2) is 0 Å². The van der Waals surface area contributed by atoms with Crippen molar-refractivity contribution >= 4 is 12.0 Å². The summed E-state index contributed by atoms with van der Waals surface area (Å²) in [5.74, 6) is 1.11. The molecule has 0 unspecified atom stereocenters. The summed E-state index contributed by atoms with van der Waals surface area (Å²) in [6, 6.07) is 7.85. The van der Waals surface area contributed by atoms with Gasteiger partial charge in [0.05, 0.1) is 28.4 Å². The summed E-state index contributed by atoms with van der Waals surface area (Å²) in [5.41, 5.74) is 1.33. The second-order valence-corrected chi connectivity index (χ2v) is 5.87. The number of hydrogen-bond acceptors (Lipinski definition) is 6. The number of ether oxygens (including phenoxy) is 5. The summed E-state index contributed by atoms with van der Waals surface area (Å²) in [6.45, 7) is -2.78. The number of hydrogen-bond donors (Lipinski definition) is 1. The molecule has 2 rings (SSSR count). The zero-order valence-electron chi connectivity index (χ0n) is 17.0. The van der Waals surface area contributed by atoms with Crippen molar-refractivity contribution in [1.29, 1.82) is 0 Å². The summed E-state index contributed by atoms with van der Waals surface area (Å²) in [5, 5.41) is 2.70. The van der Waals surface area contributed by atoms with Gasteiger partial charge in [0, 0.05) is 12.6 Å². The van der Waals surface area contributed by atoms with Gasteiger partial charge in [-0.1, -0.05) is 6.07 Å². The smallest absolute Gasteiger partial charge is 0.387 e. The molecular formula is C21H23F2NO6. The first kappa shape index (κ1) is 22.8. The fourth-order valence-electron chi connectivity index (χ4n) is 2.63. The Morgan fingerprint density at radius 1 is 0.933 bits per heavy atom. The Morgan fingerprint density at radius 2 is 1.57 bits per heavy atom. The zero-order valence-corrected chi connectivity index (χ0v) is 17.0. The molecule has 0 spiro atoms. The van der Waals surface area contributed by atoms with Gasteiger partial charge in [-0.15, -0.1) is 0 Å². The highest BCUT2D eigenvalue weighted by molar-refractivity contribution is 5.91. The molecule has 162 valence electrons. The molecule has 9 heteroatoms. The Hall–Kier alpha value is -3.49. The number of nitrogens with one attached hydrogen (secondary N) is 1. The molecule has 0 aliphatic rings. The monoisotopic (exact) mass is 423 g/mol. The number of benzene rings is 2. The molecule has 2 aromatic carbocycles. The summed E-state index contributed by atoms with van der Waals surface area (Å²) >= 11 is 0. The van der Waals surface area contributed by atoms with Gasteiger partial charge in [0.25, 0.3) is 0 Å². The van der Waals surface area contributed by atoms with Gasteiger partial charge < -0.3 is 29.0 Å². The van der Waals surface area contributed by atoms with Crippen molar-refractivity contribution in [2.75, 3.05) is 28.4 Å². The lowest BCUT2D eigenvalue weighted by molar-refractivity contribution is -0.116. The minimum Gasteiger partial charge on any atom is -0.493 e. The number of alkyl halides is 2. The van der Waals surface area contributed by atoms with Crippen LogP contribution in [0.5, 0.6) is 28.7 Å². The third kappa shape index (κ3) is 6.00. The number of carbonyl (C=O) groups is 1. The van der Waals surface area contributed by atoms with Crippen LogP contribution in [0.15, 0.2) is 36.4 Å². The summed E-state index contributed by atoms with van der Waals surface area (Å²) in [7, 11) is 5.85. The SMILES string of the molecule is COc1cc(CNC(=O)/C=C/c2cc(OC)c(OC)c(OC)c2)ccc1OC(F)F. The van der Waals surface area contributed by atoms with E-state index in [1.54, 1.807) is 24.3 Å². The van der Waals surface area contributed by atoms with Crippen LogP contribution in [0.3, 0.4) is 0 Å². The standard InChI is InChI=1S/C21H23F2NO6/c1-26-16-11-14(5-7-15(16)30-21(22)23)12-24-19(25)8-6-13-9-17(27-2)20(29-4)18(10-13)28-3/h5-11,21H,12H2,1-4H3,(H,24,25)/b8-6+. The topological polar surface area (TPSA) is 75.3 Å². The van der Waals surface area contributed by atoms with Gasteiger partial charge in [0.2, 0.25) is 11.7 Å². The van der Waals surface area contributed by atoms with Crippen LogP contribution in [-0.2, 0) is 11.3 Å². The molecule has 0 aliphatic carbocycles. The fourth-order valence-corrected chi connectivity index (χ4v) is 2.63. The van der Waals surface area contributed by atoms with Crippen molar-refractivity contribution in [3.8, 4) is 28.7 Å². The van der Waals surface area contributed by atoms with E-state index in [2.05, 4.69) is 10.1 Å². The molecule has 0 radical (unpaired) electrons. The average Bonchev–Trinajstić information content (AvgIpc) is 2.75. The van der Waals surface area contributed by atoms with E-state index in [1.165, 1.54) is 46.6 Å². The van der Waals surface area contributed by atoms with Crippen LogP contribution < -0.4 is 29.0 Å². The minimum absolute atomic E-state index is 0.0788. The maximum absolute atomic E-state index is 12.4. The molecule has 0 fully saturated rings. The lowest BCUT2D eigenvalue weighted by Gasteiger charge is -2.13. The largest absolute Gasteiger partial charge is 0.493 e. The van der Waals surface area contributed by atoms with Crippen LogP contribution in [0.1, 0.15) is 11.1 Å². The first-order chi connectivity index (χ1) is 14.4. The van der Waals surface area contributed by atoms with E-state index in [-0.39, 0.29) is 24.0 Å². The van der Waals surface area contributed by atoms with Crippen molar-refractivity contribution in [3.05, 3.63) is 47.5 Å². The van der Waals surface area contributed by atoms with E-state index in [9.17, 15) is 13.6 Å². The third-order valence-electron chi connectivity index (χ3n) is 4.03. The number of methoxy groups -OCH3 is 4. The van der Waals surface area contributed by atoms with Crippen molar-refractivity contribution in [2.45, 2.75) is 13.2 Å². The Kier molecular flexibility index (Phi) is 8.28. The van der Waals surface area contributed by atoms with Crippen LogP contribution >= 0.6 is 0 Å². The molecule has 0 saturated carbocycles. The molecule has 30 heavy (non-hydrogen) atoms. The highest BCUT2D eigenvalue weighted by Gasteiger charge is 2.13. The van der Waals surface area contributed by atoms with Crippen LogP contribution in [0, 0.1) is 0 Å². The minimum atomic E-state index is -2.95. The molecule has 0 atom stereocenters. The second-order valence-electron chi connectivity index (χ2n) is 5.87. The average molecular weight is 423 g/mol. The van der Waals surface area contributed by atoms with Crippen molar-refractivity contribution in [3.63, 3.8) is 0 Å². The van der Waals surface area contributed by atoms with Crippen molar-refractivity contribution < 1.29 is 37.3 Å². The van der Waals surface area contributed by atoms with Gasteiger partial charge in [-0.2, -0.15) is 8.78 Å². The molecule has 7 nitrogen and oxygen atoms in total. The van der Waals surface area contributed by atoms with E-state index in [0.717, 1.165) is 0 Å². The molecule has 0 saturated heterocycles. The normalized spacial score (nSPS) is 10.8. The van der Waals surface area contributed by atoms with Gasteiger partial charge >= 0.3 is 6.61 Å². The fraction of sp³-hybridized carbons (Fsp3) is 0.286. The van der Waals surface area contributed by atoms with Gasteiger partial charge in [0.15, 0.2) is 23.0 Å². The Bertz CT molecular complexity index is 876. The van der Waals surface area contributed by atoms with Crippen molar-refractivity contribution in [1.82, 2.24) is 5.32 Å². The Labute approximate surface area is 173 Å². The molecule has 0 aliphatic heterocycles. The highest BCUT2D eigenvalue weighted by atomic mass is 19.3. The van der Waals surface area contributed by atoms with Crippen molar-refractivity contribution in [2.24, 2.45) is 0 Å². The first-order valence-electron chi connectivity index (χ1n) is 8.79.